The van der Waals surface area contributed by atoms with E-state index in [2.05, 4.69) is 26.8 Å². The van der Waals surface area contributed by atoms with Crippen LogP contribution in [-0.2, 0) is 4.79 Å². The molecule has 2 saturated carbocycles. The van der Waals surface area contributed by atoms with Crippen molar-refractivity contribution in [2.45, 2.75) is 72.0 Å². The summed E-state index contributed by atoms with van der Waals surface area (Å²) in [6, 6.07) is 0. The number of rotatable bonds is 2. The van der Waals surface area contributed by atoms with Gasteiger partial charge in [0.05, 0.1) is 12.2 Å². The van der Waals surface area contributed by atoms with Crippen LogP contribution in [0.1, 0.15) is 59.8 Å². The van der Waals surface area contributed by atoms with Crippen molar-refractivity contribution < 1.29 is 20.1 Å². The van der Waals surface area contributed by atoms with E-state index in [0.29, 0.717) is 18.3 Å². The molecule has 136 valence electrons. The van der Waals surface area contributed by atoms with E-state index >= 15 is 0 Å². The van der Waals surface area contributed by atoms with E-state index < -0.39 is 24.2 Å². The Morgan fingerprint density at radius 1 is 1.21 bits per heavy atom. The summed E-state index contributed by atoms with van der Waals surface area (Å²) in [5.41, 5.74) is 0.422. The van der Waals surface area contributed by atoms with Crippen molar-refractivity contribution in [1.82, 2.24) is 0 Å². The molecule has 6 unspecified atom stereocenters. The van der Waals surface area contributed by atoms with Crippen molar-refractivity contribution in [2.24, 2.45) is 28.1 Å². The SMILES string of the molecule is CC1(C(=O)CO)C=C2CCC3C(C)(C)C(O)C(O)CC3(C)C2CC1. The van der Waals surface area contributed by atoms with Crippen LogP contribution in [0.3, 0.4) is 0 Å². The van der Waals surface area contributed by atoms with E-state index in [1.807, 2.05) is 6.92 Å². The topological polar surface area (TPSA) is 77.8 Å². The number of Topliss-reactive ketones (excluding diaryl/α,β-unsaturated/α-hetero) is 1. The molecule has 0 aromatic carbocycles. The quantitative estimate of drug-likeness (QED) is 0.677. The maximum Gasteiger partial charge on any atom is 0.167 e. The Balaban J connectivity index is 1.98. The summed E-state index contributed by atoms with van der Waals surface area (Å²) in [5.74, 6) is 0.626. The number of aliphatic hydroxyl groups excluding tert-OH is 3. The number of ketones is 1. The second-order valence-electron chi connectivity index (χ2n) is 9.44. The third kappa shape index (κ3) is 2.41. The fraction of sp³-hybridized carbons (Fsp3) is 0.850. The smallest absolute Gasteiger partial charge is 0.167 e. The van der Waals surface area contributed by atoms with E-state index in [1.54, 1.807) is 0 Å². The molecule has 4 nitrogen and oxygen atoms in total. The summed E-state index contributed by atoms with van der Waals surface area (Å²) in [6.45, 7) is 7.97. The summed E-state index contributed by atoms with van der Waals surface area (Å²) >= 11 is 0. The Bertz CT molecular complexity index is 566. The number of hydrogen-bond acceptors (Lipinski definition) is 4. The minimum Gasteiger partial charge on any atom is -0.390 e. The maximum absolute atomic E-state index is 12.2. The molecular formula is C20H32O4. The molecule has 0 spiro atoms. The first-order chi connectivity index (χ1) is 11.1. The number of aliphatic hydroxyl groups is 3. The number of allylic oxidation sites excluding steroid dienone is 2. The summed E-state index contributed by atoms with van der Waals surface area (Å²) in [5, 5.41) is 30.3. The molecule has 0 heterocycles. The van der Waals surface area contributed by atoms with E-state index in [0.717, 1.165) is 25.7 Å². The predicted octanol–water partition coefficient (Wildman–Crippen LogP) is 2.46. The van der Waals surface area contributed by atoms with Gasteiger partial charge in [0, 0.05) is 5.41 Å². The van der Waals surface area contributed by atoms with Gasteiger partial charge in [-0.3, -0.25) is 4.79 Å². The zero-order chi connectivity index (χ0) is 17.9. The number of fused-ring (bicyclic) bond motifs is 3. The van der Waals surface area contributed by atoms with E-state index in [4.69, 9.17) is 0 Å². The van der Waals surface area contributed by atoms with Crippen LogP contribution >= 0.6 is 0 Å². The van der Waals surface area contributed by atoms with Gasteiger partial charge >= 0.3 is 0 Å². The Morgan fingerprint density at radius 3 is 2.50 bits per heavy atom. The zero-order valence-corrected chi connectivity index (χ0v) is 15.4. The monoisotopic (exact) mass is 336 g/mol. The summed E-state index contributed by atoms with van der Waals surface area (Å²) < 4.78 is 0. The molecule has 24 heavy (non-hydrogen) atoms. The second kappa shape index (κ2) is 5.65. The fourth-order valence-electron chi connectivity index (χ4n) is 6.27. The summed E-state index contributed by atoms with van der Waals surface area (Å²) in [7, 11) is 0. The summed E-state index contributed by atoms with van der Waals surface area (Å²) in [4.78, 5) is 12.2. The number of hydrogen-bond donors (Lipinski definition) is 3. The lowest BCUT2D eigenvalue weighted by Gasteiger charge is -2.61. The molecular weight excluding hydrogens is 304 g/mol. The fourth-order valence-corrected chi connectivity index (χ4v) is 6.27. The Morgan fingerprint density at radius 2 is 1.88 bits per heavy atom. The standard InChI is InChI=1S/C20H32O4/c1-18(2)15-6-5-12-9-19(3,16(23)11-21)8-7-13(12)20(15,4)10-14(22)17(18)24/h9,13-15,17,21-22,24H,5-8,10-11H2,1-4H3. The first-order valence-corrected chi connectivity index (χ1v) is 9.28. The van der Waals surface area contributed by atoms with Crippen LogP contribution < -0.4 is 0 Å². The van der Waals surface area contributed by atoms with Crippen LogP contribution in [-0.4, -0.2) is 39.9 Å². The van der Waals surface area contributed by atoms with Crippen LogP contribution in [0.2, 0.25) is 0 Å². The molecule has 0 aromatic rings. The van der Waals surface area contributed by atoms with Gasteiger partial charge in [-0.15, -0.1) is 0 Å². The molecule has 4 heteroatoms. The molecule has 0 aliphatic heterocycles. The zero-order valence-electron chi connectivity index (χ0n) is 15.4. The third-order valence-electron chi connectivity index (χ3n) is 7.67. The van der Waals surface area contributed by atoms with Gasteiger partial charge < -0.3 is 15.3 Å². The van der Waals surface area contributed by atoms with E-state index in [-0.39, 0.29) is 16.6 Å². The molecule has 3 rings (SSSR count). The first kappa shape index (κ1) is 18.1. The molecule has 0 aromatic heterocycles. The van der Waals surface area contributed by atoms with Crippen LogP contribution in [0.4, 0.5) is 0 Å². The molecule has 3 aliphatic carbocycles. The minimum absolute atomic E-state index is 0.0458. The van der Waals surface area contributed by atoms with Crippen LogP contribution in [0.15, 0.2) is 11.6 Å². The normalized spacial score (nSPS) is 47.4. The van der Waals surface area contributed by atoms with Crippen molar-refractivity contribution in [2.75, 3.05) is 6.61 Å². The van der Waals surface area contributed by atoms with Crippen molar-refractivity contribution >= 4 is 5.78 Å². The highest BCUT2D eigenvalue weighted by molar-refractivity contribution is 5.87. The van der Waals surface area contributed by atoms with E-state index in [1.165, 1.54) is 5.57 Å². The minimum atomic E-state index is -0.687. The van der Waals surface area contributed by atoms with Gasteiger partial charge in [-0.1, -0.05) is 32.4 Å². The highest BCUT2D eigenvalue weighted by atomic mass is 16.3. The maximum atomic E-state index is 12.2. The third-order valence-corrected chi connectivity index (χ3v) is 7.67. The van der Waals surface area contributed by atoms with Crippen molar-refractivity contribution in [3.63, 3.8) is 0 Å². The van der Waals surface area contributed by atoms with Crippen LogP contribution in [0.5, 0.6) is 0 Å². The highest BCUT2D eigenvalue weighted by Gasteiger charge is 2.59. The molecule has 0 bridgehead atoms. The molecule has 0 amide bonds. The average Bonchev–Trinajstić information content (AvgIpc) is 2.51. The van der Waals surface area contributed by atoms with Crippen molar-refractivity contribution in [3.05, 3.63) is 11.6 Å². The highest BCUT2D eigenvalue weighted by Crippen LogP contribution is 2.63. The van der Waals surface area contributed by atoms with Gasteiger partial charge in [0.15, 0.2) is 5.78 Å². The average molecular weight is 336 g/mol. The van der Waals surface area contributed by atoms with Gasteiger partial charge in [-0.25, -0.2) is 0 Å². The molecule has 6 atom stereocenters. The molecule has 0 saturated heterocycles. The van der Waals surface area contributed by atoms with Crippen molar-refractivity contribution in [3.8, 4) is 0 Å². The van der Waals surface area contributed by atoms with Gasteiger partial charge in [0.25, 0.3) is 0 Å². The van der Waals surface area contributed by atoms with E-state index in [9.17, 15) is 20.1 Å². The van der Waals surface area contributed by atoms with Gasteiger partial charge in [-0.05, 0) is 61.7 Å². The molecule has 3 aliphatic rings. The van der Waals surface area contributed by atoms with Gasteiger partial charge in [0.1, 0.15) is 6.61 Å². The van der Waals surface area contributed by atoms with Gasteiger partial charge in [-0.2, -0.15) is 0 Å². The lowest BCUT2D eigenvalue weighted by Crippen LogP contribution is -2.60. The molecule has 0 radical (unpaired) electrons. The predicted molar refractivity (Wildman–Crippen MR) is 92.2 cm³/mol. The second-order valence-corrected chi connectivity index (χ2v) is 9.44. The number of carbonyl (C=O) groups is 1. The van der Waals surface area contributed by atoms with Gasteiger partial charge in [0.2, 0.25) is 0 Å². The van der Waals surface area contributed by atoms with Crippen molar-refractivity contribution in [1.29, 1.82) is 0 Å². The Labute approximate surface area is 145 Å². The lowest BCUT2D eigenvalue weighted by atomic mass is 9.44. The largest absolute Gasteiger partial charge is 0.390 e. The van der Waals surface area contributed by atoms with Crippen LogP contribution in [0, 0.1) is 28.1 Å². The number of carbonyl (C=O) groups excluding carboxylic acids is 1. The van der Waals surface area contributed by atoms with Crippen LogP contribution in [0.25, 0.3) is 0 Å². The Kier molecular flexibility index (Phi) is 4.26. The first-order valence-electron chi connectivity index (χ1n) is 9.28. The molecule has 2 fully saturated rings. The summed E-state index contributed by atoms with van der Waals surface area (Å²) in [6.07, 6.45) is 4.98. The molecule has 3 N–H and O–H groups in total. The Hall–Kier alpha value is -0.710. The lowest BCUT2D eigenvalue weighted by molar-refractivity contribution is -0.182.